The number of anilines is 2. The van der Waals surface area contributed by atoms with Gasteiger partial charge in [0.05, 0.1) is 22.9 Å². The van der Waals surface area contributed by atoms with E-state index in [0.717, 1.165) is 73.8 Å². The number of carbonyl (C=O) groups excluding carboxylic acids is 16. The molecule has 0 saturated heterocycles. The molecule has 4 rings (SSSR count). The number of rotatable bonds is 48. The summed E-state index contributed by atoms with van der Waals surface area (Å²) in [6, 6.07) is 10.9. The zero-order valence-corrected chi connectivity index (χ0v) is 74.0. The summed E-state index contributed by atoms with van der Waals surface area (Å²) in [4.78, 5) is 196. The number of nitrogens with zero attached hydrogens (tertiary/aromatic N) is 2. The van der Waals surface area contributed by atoms with Gasteiger partial charge in [-0.15, -0.1) is 0 Å². The number of hydrogen-bond acceptors (Lipinski definition) is 18. The van der Waals surface area contributed by atoms with Gasteiger partial charge in [0.2, 0.25) is 23.6 Å². The van der Waals surface area contributed by atoms with E-state index in [9.17, 15) is 76.7 Å². The fourth-order valence-electron chi connectivity index (χ4n) is 11.8. The average molecular weight is 1650 g/mol. The number of carbonyl (C=O) groups is 16. The number of ketones is 4. The molecule has 28 nitrogen and oxygen atoms in total. The van der Waals surface area contributed by atoms with Crippen LogP contribution in [0.4, 0.5) is 21.0 Å². The van der Waals surface area contributed by atoms with Crippen molar-refractivity contribution in [2.75, 3.05) is 36.8 Å². The smallest absolute Gasteiger partial charge is 0.312 e. The predicted octanol–water partition coefficient (Wildman–Crippen LogP) is 13.9. The average Bonchev–Trinajstić information content (AvgIpc) is 1.45. The van der Waals surface area contributed by atoms with Crippen molar-refractivity contribution in [2.24, 2.45) is 56.8 Å². The molecule has 118 heavy (non-hydrogen) atoms. The summed E-state index contributed by atoms with van der Waals surface area (Å²) >= 11 is 0. The lowest BCUT2D eigenvalue weighted by molar-refractivity contribution is -0.155. The molecule has 2 aliphatic rings. The molecular formula is C90H142N10O18. The lowest BCUT2D eigenvalue weighted by atomic mass is 9.88. The third-order valence-electron chi connectivity index (χ3n) is 19.3. The molecule has 2 heterocycles. The molecule has 0 aromatic heterocycles. The molecule has 0 radical (unpaired) electrons. The Bertz CT molecular complexity index is 3610. The quantitative estimate of drug-likeness (QED) is 0.0173. The second kappa shape index (κ2) is 55.1. The predicted molar refractivity (Wildman–Crippen MR) is 457 cm³/mol. The molecule has 12 amide bonds. The van der Waals surface area contributed by atoms with Crippen LogP contribution in [0.5, 0.6) is 0 Å². The maximum absolute atomic E-state index is 13.5. The zero-order valence-electron chi connectivity index (χ0n) is 74.0. The van der Waals surface area contributed by atoms with Gasteiger partial charge in [-0.1, -0.05) is 159 Å². The minimum atomic E-state index is -0.803. The molecule has 10 N–H and O–H groups in total. The number of benzene rings is 2. The van der Waals surface area contributed by atoms with Gasteiger partial charge in [-0.25, -0.2) is 9.59 Å². The van der Waals surface area contributed by atoms with Gasteiger partial charge in [-0.3, -0.25) is 76.9 Å². The number of Topliss-reactive ketones (excluding diaryl/α,β-unsaturated/α-hetero) is 4. The number of nitrogens with two attached hydrogens (primary N) is 2. The minimum Gasteiger partial charge on any atom is -0.460 e. The van der Waals surface area contributed by atoms with Crippen LogP contribution in [-0.2, 0) is 89.8 Å². The van der Waals surface area contributed by atoms with Crippen molar-refractivity contribution in [1.29, 1.82) is 0 Å². The molecule has 0 bridgehead atoms. The molecule has 0 spiro atoms. The second-order valence-electron chi connectivity index (χ2n) is 35.1. The zero-order chi connectivity index (χ0) is 89.5. The van der Waals surface area contributed by atoms with E-state index < -0.39 is 46.8 Å². The number of amides is 12. The molecule has 4 atom stereocenters. The van der Waals surface area contributed by atoms with E-state index in [0.29, 0.717) is 75.1 Å². The van der Waals surface area contributed by atoms with E-state index in [1.54, 1.807) is 90.1 Å². The van der Waals surface area contributed by atoms with Gasteiger partial charge in [-0.05, 0) is 153 Å². The molecule has 28 heteroatoms. The van der Waals surface area contributed by atoms with Crippen molar-refractivity contribution < 1.29 is 86.2 Å². The summed E-state index contributed by atoms with van der Waals surface area (Å²) in [7, 11) is 0. The van der Waals surface area contributed by atoms with Crippen LogP contribution in [0.25, 0.3) is 0 Å². The van der Waals surface area contributed by atoms with E-state index in [1.165, 1.54) is 48.5 Å². The Labute approximate surface area is 701 Å². The summed E-state index contributed by atoms with van der Waals surface area (Å²) < 4.78 is 10.7. The van der Waals surface area contributed by atoms with Crippen LogP contribution < -0.4 is 43.4 Å². The van der Waals surface area contributed by atoms with Crippen LogP contribution in [0.3, 0.4) is 0 Å². The van der Waals surface area contributed by atoms with Crippen molar-refractivity contribution in [3.63, 3.8) is 0 Å². The second-order valence-corrected chi connectivity index (χ2v) is 35.1. The van der Waals surface area contributed by atoms with Crippen molar-refractivity contribution >= 4 is 106 Å². The van der Waals surface area contributed by atoms with Crippen LogP contribution in [0.1, 0.15) is 290 Å². The lowest BCUT2D eigenvalue weighted by Gasteiger charge is -2.24. The maximum Gasteiger partial charge on any atom is 0.312 e. The van der Waals surface area contributed by atoms with Crippen LogP contribution >= 0.6 is 0 Å². The Morgan fingerprint density at radius 2 is 0.686 bits per heavy atom. The highest BCUT2D eigenvalue weighted by atomic mass is 16.5. The number of imide groups is 2. The SMILES string of the molecule is CC(C)(C)C(=O)CCCCCN1C(=O)C=CC1=O.CC(C)[C@H](NC(=O)CCCCCN1C(=O)C=CC1=O)C(=O)C[C@@H](CCCNC(N)=O)C(=O)Nc1ccc(COC(=O)C(C)(C)C)cc1.CCCCCCC(=O)C(C)(C)C.CCCCCCC(=O)N[C@H](C(=O)C[C@@H](CCCNC(N)=O)C(=O)Nc1ccc(COC(=O)C(C)(C)C)cc1)C(C)C. The normalized spacial score (nSPS) is 13.6. The Balaban J connectivity index is 0.000000880. The van der Waals surface area contributed by atoms with E-state index in [-0.39, 0.29) is 158 Å². The number of unbranched alkanes of at least 4 members (excludes halogenated alkanes) is 10. The standard InChI is InChI=1S/C34H49N5O8.C31H50N4O6.C14H21NO3.C11H22O/c1-22(2)30(38-27(41)11-7-6-8-19-39-28(42)16-17-29(39)43)26(40)20-24(10-9-18-36-33(35)46)31(44)37-25-14-12-23(13-15-25)21-47-32(45)34(3,4)5;1-7-8-9-10-13-26(37)35-27(21(2)3)25(36)19-23(12-11-18-33-30(32)40)28(38)34-24-16-14-22(15-17-24)20-41-29(39)31(4,5)6;1-14(2,3)11(16)7-5-4-6-10-15-12(17)8-9-13(15)18;1-5-6-7-8-9-10(12)11(2,3)4/h12-17,22,24,30H,6-11,18-21H2,1-5H3,(H,37,44)(H,38,41)(H3,35,36,46);14-17,21,23,27H,7-13,18-20H2,1-6H3,(H,34,38)(H,35,37)(H3,32,33,40);8-9H,4-7,10H2,1-3H3;5-9H2,1-4H3/t24-,30+;23-,27+;;/m11../s1. The summed E-state index contributed by atoms with van der Waals surface area (Å²) in [6.45, 7) is 35.5. The van der Waals surface area contributed by atoms with Gasteiger partial charge in [-0.2, -0.15) is 0 Å². The molecule has 0 aliphatic carbocycles. The Kier molecular flexibility index (Phi) is 49.6. The molecule has 660 valence electrons. The van der Waals surface area contributed by atoms with Crippen molar-refractivity contribution in [2.45, 2.75) is 304 Å². The molecule has 0 fully saturated rings. The van der Waals surface area contributed by atoms with Crippen molar-refractivity contribution in [3.8, 4) is 0 Å². The van der Waals surface area contributed by atoms with Crippen LogP contribution in [0.2, 0.25) is 0 Å². The summed E-state index contributed by atoms with van der Waals surface area (Å²) in [5.74, 6) is -4.56. The first-order valence-corrected chi connectivity index (χ1v) is 42.1. The van der Waals surface area contributed by atoms with Gasteiger partial charge in [0.15, 0.2) is 11.6 Å². The van der Waals surface area contributed by atoms with E-state index >= 15 is 0 Å². The number of urea groups is 2. The molecule has 2 aromatic carbocycles. The summed E-state index contributed by atoms with van der Waals surface area (Å²) in [6.07, 6.45) is 21.0. The number of hydrogen-bond donors (Lipinski definition) is 8. The van der Waals surface area contributed by atoms with Crippen molar-refractivity contribution in [3.05, 3.63) is 84.0 Å². The van der Waals surface area contributed by atoms with Crippen LogP contribution in [0, 0.1) is 45.3 Å². The van der Waals surface area contributed by atoms with E-state index in [2.05, 4.69) is 45.7 Å². The van der Waals surface area contributed by atoms with Gasteiger partial charge < -0.3 is 52.8 Å². The maximum atomic E-state index is 13.5. The number of nitrogens with one attached hydrogen (secondary N) is 6. The first-order chi connectivity index (χ1) is 55.1. The molecule has 0 saturated carbocycles. The topological polar surface area (TPSA) is 422 Å². The monoisotopic (exact) mass is 1650 g/mol. The summed E-state index contributed by atoms with van der Waals surface area (Å²) in [5, 5.41) is 16.4. The molecule has 2 aromatic rings. The lowest BCUT2D eigenvalue weighted by Crippen LogP contribution is -2.45. The highest BCUT2D eigenvalue weighted by molar-refractivity contribution is 6.13. The van der Waals surface area contributed by atoms with Gasteiger partial charge in [0.25, 0.3) is 23.6 Å². The fraction of sp³-hybridized carbons (Fsp3) is 0.644. The number of esters is 2. The largest absolute Gasteiger partial charge is 0.460 e. The fourth-order valence-corrected chi connectivity index (χ4v) is 11.8. The van der Waals surface area contributed by atoms with Gasteiger partial charge >= 0.3 is 24.0 Å². The van der Waals surface area contributed by atoms with Crippen LogP contribution in [-0.4, -0.2) is 142 Å². The number of ether oxygens (including phenoxy) is 2. The Hall–Kier alpha value is -9.76. The minimum absolute atomic E-state index is 0.0534. The molecule has 0 unspecified atom stereocenters. The van der Waals surface area contributed by atoms with E-state index in [4.69, 9.17) is 20.9 Å². The number of primary amides is 2. The summed E-state index contributed by atoms with van der Waals surface area (Å²) in [5.41, 5.74) is 11.2. The third kappa shape index (κ3) is 45.8. The first kappa shape index (κ1) is 106. The van der Waals surface area contributed by atoms with Crippen molar-refractivity contribution in [1.82, 2.24) is 31.1 Å². The third-order valence-corrected chi connectivity index (χ3v) is 19.3. The Morgan fingerprint density at radius 3 is 0.958 bits per heavy atom. The van der Waals surface area contributed by atoms with Gasteiger partial charge in [0.1, 0.15) is 24.8 Å². The first-order valence-electron chi connectivity index (χ1n) is 42.1. The van der Waals surface area contributed by atoms with Gasteiger partial charge in [0, 0.05) is 123 Å². The van der Waals surface area contributed by atoms with Crippen LogP contribution in [0.15, 0.2) is 72.8 Å². The molecular weight excluding hydrogens is 1510 g/mol. The molecule has 2 aliphatic heterocycles. The Morgan fingerprint density at radius 1 is 0.390 bits per heavy atom. The highest BCUT2D eigenvalue weighted by Crippen LogP contribution is 2.26. The highest BCUT2D eigenvalue weighted by Gasteiger charge is 2.33. The van der Waals surface area contributed by atoms with E-state index in [1.807, 2.05) is 69.2 Å².